The van der Waals surface area contributed by atoms with Gasteiger partial charge in [0, 0.05) is 11.6 Å². The van der Waals surface area contributed by atoms with Crippen LogP contribution in [0.1, 0.15) is 29.0 Å². The van der Waals surface area contributed by atoms with Crippen LogP contribution >= 0.6 is 11.6 Å². The molecule has 0 bridgehead atoms. The van der Waals surface area contributed by atoms with E-state index in [1.165, 1.54) is 5.56 Å². The lowest BCUT2D eigenvalue weighted by Gasteiger charge is -2.16. The predicted octanol–water partition coefficient (Wildman–Crippen LogP) is 3.51. The van der Waals surface area contributed by atoms with Crippen LogP contribution in [0.15, 0.2) is 36.4 Å². The van der Waals surface area contributed by atoms with Gasteiger partial charge in [0.2, 0.25) is 10.0 Å². The highest BCUT2D eigenvalue weighted by atomic mass is 35.5. The summed E-state index contributed by atoms with van der Waals surface area (Å²) in [7, 11) is -0.258. The van der Waals surface area contributed by atoms with Gasteiger partial charge in [-0.25, -0.2) is 13.1 Å². The zero-order chi connectivity index (χ0) is 18.7. The van der Waals surface area contributed by atoms with Crippen LogP contribution in [0.25, 0.3) is 0 Å². The number of nitrogens with one attached hydrogen (secondary N) is 1. The Hall–Kier alpha value is -1.76. The van der Waals surface area contributed by atoms with Crippen molar-refractivity contribution >= 4 is 21.6 Å². The first kappa shape index (κ1) is 19.0. The number of hydrogen-bond acceptors (Lipinski definition) is 4. The van der Waals surface area contributed by atoms with Gasteiger partial charge in [-0.2, -0.15) is 0 Å². The highest BCUT2D eigenvalue weighted by Crippen LogP contribution is 2.40. The molecule has 2 aromatic rings. The summed E-state index contributed by atoms with van der Waals surface area (Å²) in [6.45, 7) is 0.356. The summed E-state index contributed by atoms with van der Waals surface area (Å²) in [4.78, 5) is 0. The predicted molar refractivity (Wildman–Crippen MR) is 103 cm³/mol. The highest BCUT2D eigenvalue weighted by Gasteiger charge is 2.26. The second-order valence-electron chi connectivity index (χ2n) is 6.34. The number of fused-ring (bicyclic) bond motifs is 1. The van der Waals surface area contributed by atoms with Crippen LogP contribution in [0, 0.1) is 0 Å². The third-order valence-corrected chi connectivity index (χ3v) is 6.37. The topological polar surface area (TPSA) is 64.6 Å². The van der Waals surface area contributed by atoms with Gasteiger partial charge in [-0.1, -0.05) is 29.8 Å². The quantitative estimate of drug-likeness (QED) is 0.779. The summed E-state index contributed by atoms with van der Waals surface area (Å²) in [5.74, 6) is 1.35. The molecule has 2 aromatic carbocycles. The minimum atomic E-state index is -3.47. The molecule has 0 aromatic heterocycles. The standard InChI is InChI=1S/C19H22ClNO4S/c1-24-18-9-13-7-8-14(16(13)10-19(18)25-2)11-21-26(22,23)12-15-5-3-4-6-17(15)20/h3-6,9-10,14,21H,7-8,11-12H2,1-2H3. The Morgan fingerprint density at radius 1 is 1.15 bits per heavy atom. The number of methoxy groups -OCH3 is 2. The van der Waals surface area contributed by atoms with Crippen molar-refractivity contribution in [2.24, 2.45) is 0 Å². The van der Waals surface area contributed by atoms with Crippen molar-refractivity contribution in [3.05, 3.63) is 58.1 Å². The number of sulfonamides is 1. The van der Waals surface area contributed by atoms with Crippen molar-refractivity contribution in [3.63, 3.8) is 0 Å². The third kappa shape index (κ3) is 4.14. The van der Waals surface area contributed by atoms with Crippen LogP contribution in [0.3, 0.4) is 0 Å². The average molecular weight is 396 g/mol. The van der Waals surface area contributed by atoms with E-state index >= 15 is 0 Å². The minimum absolute atomic E-state index is 0.117. The first-order valence-electron chi connectivity index (χ1n) is 8.39. The van der Waals surface area contributed by atoms with E-state index in [0.717, 1.165) is 18.4 Å². The van der Waals surface area contributed by atoms with E-state index in [1.807, 2.05) is 12.1 Å². The summed E-state index contributed by atoms with van der Waals surface area (Å²) < 4.78 is 38.3. The van der Waals surface area contributed by atoms with Crippen molar-refractivity contribution in [2.45, 2.75) is 24.5 Å². The Morgan fingerprint density at radius 2 is 1.85 bits per heavy atom. The number of hydrogen-bond donors (Lipinski definition) is 1. The Kier molecular flexibility index (Phi) is 5.75. The first-order valence-corrected chi connectivity index (χ1v) is 10.4. The second-order valence-corrected chi connectivity index (χ2v) is 8.55. The molecule has 1 aliphatic carbocycles. The number of aryl methyl sites for hydroxylation is 1. The molecule has 0 amide bonds. The molecule has 140 valence electrons. The van der Waals surface area contributed by atoms with E-state index in [-0.39, 0.29) is 11.7 Å². The number of benzene rings is 2. The molecule has 5 nitrogen and oxygen atoms in total. The maximum atomic E-state index is 12.4. The summed E-state index contributed by atoms with van der Waals surface area (Å²) in [6.07, 6.45) is 1.78. The van der Waals surface area contributed by atoms with Gasteiger partial charge in [0.05, 0.1) is 20.0 Å². The Labute approximate surface area is 159 Å². The zero-order valence-electron chi connectivity index (χ0n) is 14.8. The van der Waals surface area contributed by atoms with Crippen LogP contribution in [0.4, 0.5) is 0 Å². The molecule has 3 rings (SSSR count). The SMILES string of the molecule is COc1cc2c(cc1OC)C(CNS(=O)(=O)Cc1ccccc1Cl)CC2. The normalized spacial score (nSPS) is 16.3. The van der Waals surface area contributed by atoms with E-state index in [9.17, 15) is 8.42 Å². The molecule has 7 heteroatoms. The van der Waals surface area contributed by atoms with Crippen LogP contribution in [-0.4, -0.2) is 29.2 Å². The average Bonchev–Trinajstić information content (AvgIpc) is 3.02. The lowest BCUT2D eigenvalue weighted by molar-refractivity contribution is 0.354. The molecular formula is C19H22ClNO4S. The first-order chi connectivity index (χ1) is 12.4. The van der Waals surface area contributed by atoms with E-state index in [0.29, 0.717) is 28.6 Å². The fourth-order valence-corrected chi connectivity index (χ4v) is 4.83. The largest absolute Gasteiger partial charge is 0.493 e. The lowest BCUT2D eigenvalue weighted by atomic mass is 10.0. The Bertz CT molecular complexity index is 898. The van der Waals surface area contributed by atoms with Gasteiger partial charge in [0.1, 0.15) is 0 Å². The van der Waals surface area contributed by atoms with Crippen molar-refractivity contribution < 1.29 is 17.9 Å². The molecule has 0 fully saturated rings. The molecule has 0 spiro atoms. The summed E-state index contributed by atoms with van der Waals surface area (Å²) in [5, 5.41) is 0.459. The fraction of sp³-hybridized carbons (Fsp3) is 0.368. The molecule has 0 saturated carbocycles. The molecule has 1 aliphatic rings. The van der Waals surface area contributed by atoms with Gasteiger partial charge in [-0.3, -0.25) is 0 Å². The summed E-state index contributed by atoms with van der Waals surface area (Å²) in [6, 6.07) is 10.9. The molecule has 1 N–H and O–H groups in total. The molecule has 0 radical (unpaired) electrons. The monoisotopic (exact) mass is 395 g/mol. The van der Waals surface area contributed by atoms with E-state index in [2.05, 4.69) is 4.72 Å². The maximum Gasteiger partial charge on any atom is 0.215 e. The molecule has 0 heterocycles. The Morgan fingerprint density at radius 3 is 2.54 bits per heavy atom. The van der Waals surface area contributed by atoms with E-state index < -0.39 is 10.0 Å². The second kappa shape index (κ2) is 7.86. The minimum Gasteiger partial charge on any atom is -0.493 e. The lowest BCUT2D eigenvalue weighted by Crippen LogP contribution is -2.29. The van der Waals surface area contributed by atoms with Gasteiger partial charge < -0.3 is 9.47 Å². The van der Waals surface area contributed by atoms with Gasteiger partial charge in [0.25, 0.3) is 0 Å². The maximum absolute atomic E-state index is 12.4. The van der Waals surface area contributed by atoms with Crippen molar-refractivity contribution in [1.82, 2.24) is 4.72 Å². The summed E-state index contributed by atoms with van der Waals surface area (Å²) >= 11 is 6.07. The number of ether oxygens (including phenoxy) is 2. The number of rotatable bonds is 7. The Balaban J connectivity index is 1.71. The van der Waals surface area contributed by atoms with Gasteiger partial charge >= 0.3 is 0 Å². The van der Waals surface area contributed by atoms with Crippen LogP contribution in [0.5, 0.6) is 11.5 Å². The molecule has 1 unspecified atom stereocenters. The van der Waals surface area contributed by atoms with Gasteiger partial charge in [-0.15, -0.1) is 0 Å². The van der Waals surface area contributed by atoms with Crippen LogP contribution in [0.2, 0.25) is 5.02 Å². The molecule has 0 saturated heterocycles. The van der Waals surface area contributed by atoms with Crippen molar-refractivity contribution in [2.75, 3.05) is 20.8 Å². The van der Waals surface area contributed by atoms with Crippen LogP contribution in [-0.2, 0) is 22.2 Å². The summed E-state index contributed by atoms with van der Waals surface area (Å²) in [5.41, 5.74) is 2.89. The van der Waals surface area contributed by atoms with Crippen LogP contribution < -0.4 is 14.2 Å². The van der Waals surface area contributed by atoms with Crippen molar-refractivity contribution in [3.8, 4) is 11.5 Å². The molecule has 26 heavy (non-hydrogen) atoms. The van der Waals surface area contributed by atoms with Crippen molar-refractivity contribution in [1.29, 1.82) is 0 Å². The van der Waals surface area contributed by atoms with Gasteiger partial charge in [0.15, 0.2) is 11.5 Å². The van der Waals surface area contributed by atoms with E-state index in [4.69, 9.17) is 21.1 Å². The van der Waals surface area contributed by atoms with E-state index in [1.54, 1.807) is 38.5 Å². The smallest absolute Gasteiger partial charge is 0.215 e. The molecular weight excluding hydrogens is 374 g/mol. The molecule has 0 aliphatic heterocycles. The third-order valence-electron chi connectivity index (χ3n) is 4.70. The molecule has 1 atom stereocenters. The number of halogens is 1. The highest BCUT2D eigenvalue weighted by molar-refractivity contribution is 7.88. The zero-order valence-corrected chi connectivity index (χ0v) is 16.4. The van der Waals surface area contributed by atoms with Gasteiger partial charge in [-0.05, 0) is 53.6 Å². The fourth-order valence-electron chi connectivity index (χ4n) is 3.33.